The minimum Gasteiger partial charge on any atom is -0.330 e. The molecular formula is C8H24N2O6P2. The number of hydrogen-bond donors (Lipinski definition) is 4. The fraction of sp³-hybridized carbons (Fsp3) is 1.00. The quantitative estimate of drug-likeness (QED) is 0.469. The van der Waals surface area contributed by atoms with Gasteiger partial charge in [0.2, 0.25) is 0 Å². The van der Waals surface area contributed by atoms with E-state index in [-0.39, 0.29) is 12.7 Å². The van der Waals surface area contributed by atoms with Crippen LogP contribution in [0.4, 0.5) is 0 Å². The van der Waals surface area contributed by atoms with Crippen molar-refractivity contribution < 1.29 is 28.0 Å². The molecule has 0 aliphatic carbocycles. The molecule has 0 unspecified atom stereocenters. The first-order valence-electron chi connectivity index (χ1n) is 5.57. The van der Waals surface area contributed by atoms with Crippen LogP contribution in [0.1, 0.15) is 13.8 Å². The van der Waals surface area contributed by atoms with Crippen LogP contribution in [0.15, 0.2) is 0 Å². The molecule has 0 aliphatic rings. The third-order valence-electron chi connectivity index (χ3n) is 1.47. The predicted octanol–water partition coefficient (Wildman–Crippen LogP) is 0.334. The van der Waals surface area contributed by atoms with Gasteiger partial charge in [-0.25, -0.2) is 0 Å². The molecule has 0 spiro atoms. The Morgan fingerprint density at radius 1 is 0.944 bits per heavy atom. The van der Waals surface area contributed by atoms with E-state index < -0.39 is 15.2 Å². The van der Waals surface area contributed by atoms with Gasteiger partial charge in [0.25, 0.3) is 0 Å². The van der Waals surface area contributed by atoms with E-state index >= 15 is 0 Å². The highest BCUT2D eigenvalue weighted by Gasteiger charge is 2.21. The Kier molecular flexibility index (Phi) is 12.6. The fourth-order valence-electron chi connectivity index (χ4n) is 0.886. The van der Waals surface area contributed by atoms with Crippen LogP contribution in [-0.2, 0) is 18.2 Å². The molecule has 0 bridgehead atoms. The van der Waals surface area contributed by atoms with Crippen molar-refractivity contribution in [2.24, 2.45) is 11.5 Å². The highest BCUT2D eigenvalue weighted by molar-refractivity contribution is 7.53. The molecule has 0 amide bonds. The standard InChI is InChI=1S/C6H16NO3P.C2H8NO3P/c1-3-9-11(8,6-5-7)10-4-2;3-1-2-7(4,5)6/h3-7H2,1-2H3;1-3H2,(H2,4,5,6). The third-order valence-corrected chi connectivity index (χ3v) is 4.42. The van der Waals surface area contributed by atoms with Crippen molar-refractivity contribution in [2.75, 3.05) is 38.6 Å². The second kappa shape index (κ2) is 11.1. The average Bonchev–Trinajstić information content (AvgIpc) is 2.17. The lowest BCUT2D eigenvalue weighted by atomic mass is 10.8. The lowest BCUT2D eigenvalue weighted by Gasteiger charge is -2.15. The van der Waals surface area contributed by atoms with Crippen molar-refractivity contribution in [3.63, 3.8) is 0 Å². The van der Waals surface area contributed by atoms with Crippen molar-refractivity contribution >= 4 is 15.2 Å². The summed E-state index contributed by atoms with van der Waals surface area (Å²) < 4.78 is 31.3. The topological polar surface area (TPSA) is 145 Å². The van der Waals surface area contributed by atoms with E-state index in [1.807, 2.05) is 0 Å². The maximum atomic E-state index is 11.5. The first-order valence-corrected chi connectivity index (χ1v) is 9.10. The first-order chi connectivity index (χ1) is 8.24. The van der Waals surface area contributed by atoms with Crippen LogP contribution in [0.5, 0.6) is 0 Å². The van der Waals surface area contributed by atoms with Gasteiger partial charge in [-0.05, 0) is 13.8 Å². The van der Waals surface area contributed by atoms with Crippen LogP contribution < -0.4 is 11.5 Å². The average molecular weight is 306 g/mol. The van der Waals surface area contributed by atoms with Gasteiger partial charge in [-0.1, -0.05) is 0 Å². The molecule has 112 valence electrons. The molecule has 18 heavy (non-hydrogen) atoms. The smallest absolute Gasteiger partial charge is 0.330 e. The van der Waals surface area contributed by atoms with Gasteiger partial charge in [0.05, 0.1) is 25.5 Å². The van der Waals surface area contributed by atoms with Gasteiger partial charge in [0.1, 0.15) is 0 Å². The highest BCUT2D eigenvalue weighted by Crippen LogP contribution is 2.47. The summed E-state index contributed by atoms with van der Waals surface area (Å²) >= 11 is 0. The largest absolute Gasteiger partial charge is 0.331 e. The molecule has 0 rings (SSSR count). The molecule has 0 saturated heterocycles. The van der Waals surface area contributed by atoms with E-state index in [9.17, 15) is 9.13 Å². The SMILES string of the molecule is CCOP(=O)(CCN)OCC.NCCP(=O)(O)O. The molecule has 8 nitrogen and oxygen atoms in total. The van der Waals surface area contributed by atoms with Crippen molar-refractivity contribution in [1.82, 2.24) is 0 Å². The zero-order valence-electron chi connectivity index (χ0n) is 10.8. The molecule has 0 heterocycles. The lowest BCUT2D eigenvalue weighted by Crippen LogP contribution is -2.09. The highest BCUT2D eigenvalue weighted by atomic mass is 31.2. The second-order valence-electron chi connectivity index (χ2n) is 3.14. The van der Waals surface area contributed by atoms with Crippen molar-refractivity contribution in [1.29, 1.82) is 0 Å². The maximum absolute atomic E-state index is 11.5. The summed E-state index contributed by atoms with van der Waals surface area (Å²) in [7, 11) is -6.64. The molecule has 6 N–H and O–H groups in total. The van der Waals surface area contributed by atoms with Gasteiger partial charge in [0.15, 0.2) is 0 Å². The zero-order valence-corrected chi connectivity index (χ0v) is 12.6. The number of hydrogen-bond acceptors (Lipinski definition) is 6. The second-order valence-corrected chi connectivity index (χ2v) is 7.10. The summed E-state index contributed by atoms with van der Waals surface area (Å²) in [4.78, 5) is 16.1. The monoisotopic (exact) mass is 306 g/mol. The number of nitrogens with two attached hydrogens (primary N) is 2. The van der Waals surface area contributed by atoms with Gasteiger partial charge in [-0.3, -0.25) is 9.13 Å². The molecule has 0 aliphatic heterocycles. The summed E-state index contributed by atoms with van der Waals surface area (Å²) in [6.45, 7) is 4.74. The maximum Gasteiger partial charge on any atom is 0.331 e. The van der Waals surface area contributed by atoms with E-state index in [0.717, 1.165) is 0 Å². The van der Waals surface area contributed by atoms with Crippen LogP contribution in [0, 0.1) is 0 Å². The Bertz CT molecular complexity index is 259. The van der Waals surface area contributed by atoms with Crippen LogP contribution in [0.3, 0.4) is 0 Å². The molecule has 0 fully saturated rings. The van der Waals surface area contributed by atoms with Crippen LogP contribution in [0.25, 0.3) is 0 Å². The van der Waals surface area contributed by atoms with E-state index in [0.29, 0.717) is 25.9 Å². The van der Waals surface area contributed by atoms with Crippen LogP contribution in [0.2, 0.25) is 0 Å². The molecule has 0 aromatic rings. The van der Waals surface area contributed by atoms with Gasteiger partial charge in [0, 0.05) is 13.1 Å². The third kappa shape index (κ3) is 14.3. The Morgan fingerprint density at radius 3 is 1.50 bits per heavy atom. The molecule has 0 radical (unpaired) electrons. The molecule has 0 aromatic heterocycles. The minimum absolute atomic E-state index is 0.0459. The summed E-state index contributed by atoms with van der Waals surface area (Å²) in [6, 6.07) is 0. The Morgan fingerprint density at radius 2 is 1.33 bits per heavy atom. The van der Waals surface area contributed by atoms with Gasteiger partial charge < -0.3 is 30.3 Å². The molecule has 0 aromatic carbocycles. The van der Waals surface area contributed by atoms with Gasteiger partial charge >= 0.3 is 15.2 Å². The van der Waals surface area contributed by atoms with E-state index in [2.05, 4.69) is 0 Å². The van der Waals surface area contributed by atoms with Crippen molar-refractivity contribution in [3.8, 4) is 0 Å². The Hall–Kier alpha value is 0.220. The minimum atomic E-state index is -3.79. The Labute approximate surface area is 108 Å². The summed E-state index contributed by atoms with van der Waals surface area (Å²) in [5.74, 6) is 0. The summed E-state index contributed by atoms with van der Waals surface area (Å²) in [5.41, 5.74) is 10.1. The zero-order chi connectivity index (χ0) is 14.7. The molecule has 10 heteroatoms. The number of rotatable bonds is 8. The Balaban J connectivity index is 0. The van der Waals surface area contributed by atoms with Crippen molar-refractivity contribution in [2.45, 2.75) is 13.8 Å². The first kappa shape index (κ1) is 20.5. The van der Waals surface area contributed by atoms with E-state index in [1.54, 1.807) is 13.8 Å². The van der Waals surface area contributed by atoms with Crippen molar-refractivity contribution in [3.05, 3.63) is 0 Å². The molecular weight excluding hydrogens is 282 g/mol. The van der Waals surface area contributed by atoms with Crippen LogP contribution >= 0.6 is 15.2 Å². The van der Waals surface area contributed by atoms with E-state index in [4.69, 9.17) is 30.3 Å². The van der Waals surface area contributed by atoms with Gasteiger partial charge in [-0.2, -0.15) is 0 Å². The van der Waals surface area contributed by atoms with E-state index in [1.165, 1.54) is 0 Å². The van der Waals surface area contributed by atoms with Gasteiger partial charge in [-0.15, -0.1) is 0 Å². The fourth-order valence-corrected chi connectivity index (χ4v) is 2.66. The predicted molar refractivity (Wildman–Crippen MR) is 70.7 cm³/mol. The molecule has 0 saturated carbocycles. The lowest BCUT2D eigenvalue weighted by molar-refractivity contribution is 0.221. The summed E-state index contributed by atoms with van der Waals surface area (Å²) in [5, 5.41) is 0. The normalized spacial score (nSPS) is 11.9. The molecule has 0 atom stereocenters. The van der Waals surface area contributed by atoms with Crippen LogP contribution in [-0.4, -0.2) is 48.4 Å². The summed E-state index contributed by atoms with van der Waals surface area (Å²) in [6.07, 6.45) is 0.0850.